The van der Waals surface area contributed by atoms with E-state index in [1.54, 1.807) is 11.3 Å². The number of benzene rings is 1. The standard InChI is InChI=1S/C16H18N2OS/c19-15(9-12-8-10-5-6-11(12)7-10)18-16-17-13-3-1-2-4-14(13)20-16/h1-4,10-12H,5-9H2,(H,17,18,19)/t10-,11-,12-/m1/s1. The highest BCUT2D eigenvalue weighted by molar-refractivity contribution is 7.22. The number of nitrogens with zero attached hydrogens (tertiary/aromatic N) is 1. The molecule has 0 radical (unpaired) electrons. The molecule has 0 saturated heterocycles. The zero-order valence-corrected chi connectivity index (χ0v) is 12.2. The van der Waals surface area contributed by atoms with Crippen LogP contribution in [0.5, 0.6) is 0 Å². The number of amides is 1. The summed E-state index contributed by atoms with van der Waals surface area (Å²) in [6, 6.07) is 8.00. The monoisotopic (exact) mass is 286 g/mol. The Morgan fingerprint density at radius 3 is 2.95 bits per heavy atom. The molecule has 2 fully saturated rings. The van der Waals surface area contributed by atoms with Crippen molar-refractivity contribution in [3.63, 3.8) is 0 Å². The Labute approximate surface area is 122 Å². The van der Waals surface area contributed by atoms with E-state index >= 15 is 0 Å². The number of hydrogen-bond donors (Lipinski definition) is 1. The highest BCUT2D eigenvalue weighted by Gasteiger charge is 2.40. The highest BCUT2D eigenvalue weighted by atomic mass is 32.1. The lowest BCUT2D eigenvalue weighted by molar-refractivity contribution is -0.117. The maximum atomic E-state index is 12.2. The van der Waals surface area contributed by atoms with Crippen LogP contribution in [0.15, 0.2) is 24.3 Å². The van der Waals surface area contributed by atoms with Crippen LogP contribution >= 0.6 is 11.3 Å². The summed E-state index contributed by atoms with van der Waals surface area (Å²) in [5.74, 6) is 2.46. The van der Waals surface area contributed by atoms with Crippen LogP contribution in [-0.2, 0) is 4.79 Å². The molecule has 2 aromatic rings. The summed E-state index contributed by atoms with van der Waals surface area (Å²) in [5, 5.41) is 3.72. The van der Waals surface area contributed by atoms with Crippen LogP contribution < -0.4 is 5.32 Å². The van der Waals surface area contributed by atoms with Gasteiger partial charge >= 0.3 is 0 Å². The molecule has 2 bridgehead atoms. The van der Waals surface area contributed by atoms with Crippen molar-refractivity contribution in [2.75, 3.05) is 5.32 Å². The van der Waals surface area contributed by atoms with Gasteiger partial charge in [0.25, 0.3) is 0 Å². The lowest BCUT2D eigenvalue weighted by Gasteiger charge is -2.20. The first-order valence-corrected chi connectivity index (χ1v) is 8.25. The predicted molar refractivity (Wildman–Crippen MR) is 81.8 cm³/mol. The molecule has 1 aromatic carbocycles. The fourth-order valence-corrected chi connectivity index (χ4v) is 4.84. The zero-order valence-electron chi connectivity index (χ0n) is 11.3. The molecule has 1 amide bonds. The molecule has 0 aliphatic heterocycles. The van der Waals surface area contributed by atoms with Crippen molar-refractivity contribution >= 4 is 32.6 Å². The minimum atomic E-state index is 0.140. The number of fused-ring (bicyclic) bond motifs is 3. The first-order chi connectivity index (χ1) is 9.78. The van der Waals surface area contributed by atoms with E-state index in [0.29, 0.717) is 12.3 Å². The van der Waals surface area contributed by atoms with Crippen LogP contribution in [0, 0.1) is 17.8 Å². The Morgan fingerprint density at radius 1 is 1.30 bits per heavy atom. The number of carbonyl (C=O) groups excluding carboxylic acids is 1. The molecule has 0 spiro atoms. The van der Waals surface area contributed by atoms with Gasteiger partial charge < -0.3 is 5.32 Å². The number of carbonyl (C=O) groups is 1. The van der Waals surface area contributed by atoms with Gasteiger partial charge in [0.05, 0.1) is 10.2 Å². The smallest absolute Gasteiger partial charge is 0.226 e. The van der Waals surface area contributed by atoms with Crippen molar-refractivity contribution in [2.24, 2.45) is 17.8 Å². The molecule has 4 heteroatoms. The van der Waals surface area contributed by atoms with E-state index in [1.807, 2.05) is 24.3 Å². The Morgan fingerprint density at radius 2 is 2.20 bits per heavy atom. The van der Waals surface area contributed by atoms with Gasteiger partial charge in [-0.25, -0.2) is 4.98 Å². The molecule has 1 heterocycles. The topological polar surface area (TPSA) is 42.0 Å². The third kappa shape index (κ3) is 2.22. The molecule has 4 rings (SSSR count). The average molecular weight is 286 g/mol. The maximum absolute atomic E-state index is 12.2. The van der Waals surface area contributed by atoms with Gasteiger partial charge in [0.15, 0.2) is 5.13 Å². The second-order valence-electron chi connectivity index (χ2n) is 6.17. The van der Waals surface area contributed by atoms with Crippen molar-refractivity contribution in [3.8, 4) is 0 Å². The molecule has 2 saturated carbocycles. The summed E-state index contributed by atoms with van der Waals surface area (Å²) in [7, 11) is 0. The molecule has 20 heavy (non-hydrogen) atoms. The largest absolute Gasteiger partial charge is 0.302 e. The molecule has 0 unspecified atom stereocenters. The Balaban J connectivity index is 1.42. The maximum Gasteiger partial charge on any atom is 0.226 e. The minimum Gasteiger partial charge on any atom is -0.302 e. The second-order valence-corrected chi connectivity index (χ2v) is 7.20. The Kier molecular flexibility index (Phi) is 2.99. The molecule has 3 nitrogen and oxygen atoms in total. The molecule has 1 aromatic heterocycles. The van der Waals surface area contributed by atoms with Crippen LogP contribution in [0.25, 0.3) is 10.2 Å². The number of anilines is 1. The molecular formula is C16H18N2OS. The van der Waals surface area contributed by atoms with Gasteiger partial charge in [0.2, 0.25) is 5.91 Å². The number of thiazole rings is 1. The summed E-state index contributed by atoms with van der Waals surface area (Å²) in [5.41, 5.74) is 0.965. The number of para-hydroxylation sites is 1. The fourth-order valence-electron chi connectivity index (χ4n) is 3.96. The zero-order chi connectivity index (χ0) is 13.5. The highest BCUT2D eigenvalue weighted by Crippen LogP contribution is 2.49. The normalized spacial score (nSPS) is 28.1. The van der Waals surface area contributed by atoms with Gasteiger partial charge in [0, 0.05) is 6.42 Å². The van der Waals surface area contributed by atoms with Gasteiger partial charge in [-0.2, -0.15) is 0 Å². The summed E-state index contributed by atoms with van der Waals surface area (Å²) in [4.78, 5) is 16.6. The van der Waals surface area contributed by atoms with E-state index < -0.39 is 0 Å². The van der Waals surface area contributed by atoms with Gasteiger partial charge in [-0.05, 0) is 49.1 Å². The Bertz CT molecular complexity index is 618. The first-order valence-electron chi connectivity index (χ1n) is 7.43. The molecule has 3 atom stereocenters. The van der Waals surface area contributed by atoms with E-state index in [4.69, 9.17) is 0 Å². The van der Waals surface area contributed by atoms with Crippen molar-refractivity contribution in [1.29, 1.82) is 0 Å². The number of nitrogens with one attached hydrogen (secondary N) is 1. The lowest BCUT2D eigenvalue weighted by atomic mass is 9.86. The number of rotatable bonds is 3. The number of hydrogen-bond acceptors (Lipinski definition) is 3. The van der Waals surface area contributed by atoms with Crippen LogP contribution in [0.2, 0.25) is 0 Å². The lowest BCUT2D eigenvalue weighted by Crippen LogP contribution is -2.20. The van der Waals surface area contributed by atoms with Gasteiger partial charge in [0.1, 0.15) is 0 Å². The van der Waals surface area contributed by atoms with E-state index in [-0.39, 0.29) is 5.91 Å². The van der Waals surface area contributed by atoms with Crippen molar-refractivity contribution in [3.05, 3.63) is 24.3 Å². The third-order valence-electron chi connectivity index (χ3n) is 4.87. The van der Waals surface area contributed by atoms with Gasteiger partial charge in [-0.1, -0.05) is 29.9 Å². The van der Waals surface area contributed by atoms with Gasteiger partial charge in [-0.3, -0.25) is 4.79 Å². The van der Waals surface area contributed by atoms with E-state index in [1.165, 1.54) is 25.7 Å². The predicted octanol–water partition coefficient (Wildman–Crippen LogP) is 4.06. The minimum absolute atomic E-state index is 0.140. The molecule has 104 valence electrons. The van der Waals surface area contributed by atoms with Crippen LogP contribution in [0.1, 0.15) is 32.1 Å². The van der Waals surface area contributed by atoms with Crippen molar-refractivity contribution in [2.45, 2.75) is 32.1 Å². The first kappa shape index (κ1) is 12.3. The molecule has 2 aliphatic carbocycles. The molecule has 2 aliphatic rings. The van der Waals surface area contributed by atoms with E-state index in [0.717, 1.165) is 27.2 Å². The Hall–Kier alpha value is -1.42. The van der Waals surface area contributed by atoms with E-state index in [2.05, 4.69) is 10.3 Å². The molecular weight excluding hydrogens is 268 g/mol. The summed E-state index contributed by atoms with van der Waals surface area (Å²) >= 11 is 1.56. The number of aromatic nitrogens is 1. The molecule has 1 N–H and O–H groups in total. The van der Waals surface area contributed by atoms with Gasteiger partial charge in [-0.15, -0.1) is 0 Å². The van der Waals surface area contributed by atoms with E-state index in [9.17, 15) is 4.79 Å². The average Bonchev–Trinajstić information content (AvgIpc) is 3.11. The second kappa shape index (κ2) is 4.85. The third-order valence-corrected chi connectivity index (χ3v) is 5.82. The van der Waals surface area contributed by atoms with Crippen molar-refractivity contribution in [1.82, 2.24) is 4.98 Å². The summed E-state index contributed by atoms with van der Waals surface area (Å²) in [6.07, 6.45) is 6.03. The summed E-state index contributed by atoms with van der Waals surface area (Å²) < 4.78 is 1.13. The summed E-state index contributed by atoms with van der Waals surface area (Å²) in [6.45, 7) is 0. The SMILES string of the molecule is O=C(C[C@H]1C[C@@H]2CC[C@@H]1C2)Nc1nc2ccccc2s1. The quantitative estimate of drug-likeness (QED) is 0.924. The van der Waals surface area contributed by atoms with Crippen molar-refractivity contribution < 1.29 is 4.79 Å². The fraction of sp³-hybridized carbons (Fsp3) is 0.500. The van der Waals surface area contributed by atoms with Crippen LogP contribution in [-0.4, -0.2) is 10.9 Å². The van der Waals surface area contributed by atoms with Crippen LogP contribution in [0.4, 0.5) is 5.13 Å². The van der Waals surface area contributed by atoms with Crippen LogP contribution in [0.3, 0.4) is 0 Å².